The van der Waals surface area contributed by atoms with Crippen LogP contribution in [0.5, 0.6) is 0 Å². The number of benzene rings is 1. The van der Waals surface area contributed by atoms with Crippen LogP contribution in [0.2, 0.25) is 0 Å². The monoisotopic (exact) mass is 372 g/mol. The van der Waals surface area contributed by atoms with Crippen LogP contribution >= 0.6 is 0 Å². The number of nitrogens with one attached hydrogen (secondary N) is 3. The van der Waals surface area contributed by atoms with Crippen molar-refractivity contribution in [1.29, 1.82) is 0 Å². The van der Waals surface area contributed by atoms with Gasteiger partial charge in [-0.25, -0.2) is 17.5 Å². The second kappa shape index (κ2) is 9.35. The van der Waals surface area contributed by atoms with E-state index < -0.39 is 16.1 Å². The molecule has 0 saturated heterocycles. The number of hydrogen-bond acceptors (Lipinski definition) is 5. The molecule has 10 heteroatoms. The highest BCUT2D eigenvalue weighted by Crippen LogP contribution is 2.23. The lowest BCUT2D eigenvalue weighted by Gasteiger charge is -2.14. The Hall–Kier alpha value is -2.17. The predicted octanol–water partition coefficient (Wildman–Crippen LogP) is 0.593. The van der Waals surface area contributed by atoms with Crippen LogP contribution in [0.15, 0.2) is 18.2 Å². The summed E-state index contributed by atoms with van der Waals surface area (Å²) in [4.78, 5) is 23.5. The topological polar surface area (TPSA) is 117 Å². The van der Waals surface area contributed by atoms with E-state index in [2.05, 4.69) is 16.0 Å². The van der Waals surface area contributed by atoms with Crippen LogP contribution in [0.4, 0.5) is 16.2 Å². The zero-order chi connectivity index (χ0) is 19.0. The maximum Gasteiger partial charge on any atom is 0.319 e. The second-order valence-corrected chi connectivity index (χ2v) is 7.74. The van der Waals surface area contributed by atoms with Crippen LogP contribution in [-0.2, 0) is 19.6 Å². The molecular weight excluding hydrogens is 348 g/mol. The number of amides is 3. The minimum absolute atomic E-state index is 0.0182. The van der Waals surface area contributed by atoms with Gasteiger partial charge in [-0.3, -0.25) is 4.79 Å². The summed E-state index contributed by atoms with van der Waals surface area (Å²) in [5.74, 6) is -0.499. The number of methoxy groups -OCH3 is 1. The molecule has 25 heavy (non-hydrogen) atoms. The van der Waals surface area contributed by atoms with Crippen molar-refractivity contribution in [2.45, 2.75) is 6.92 Å². The fraction of sp³-hybridized carbons (Fsp3) is 0.467. The van der Waals surface area contributed by atoms with Crippen molar-refractivity contribution in [2.24, 2.45) is 0 Å². The summed E-state index contributed by atoms with van der Waals surface area (Å²) in [6.07, 6.45) is 0. The molecule has 3 N–H and O–H groups in total. The maximum atomic E-state index is 11.9. The van der Waals surface area contributed by atoms with Gasteiger partial charge in [-0.05, 0) is 24.6 Å². The normalized spacial score (nSPS) is 11.2. The minimum atomic E-state index is -3.37. The maximum absolute atomic E-state index is 11.9. The summed E-state index contributed by atoms with van der Waals surface area (Å²) in [5.41, 5.74) is 1.72. The smallest absolute Gasteiger partial charge is 0.319 e. The van der Waals surface area contributed by atoms with E-state index in [1.807, 2.05) is 0 Å². The van der Waals surface area contributed by atoms with Gasteiger partial charge in [0.25, 0.3) is 0 Å². The molecule has 0 aliphatic heterocycles. The molecule has 0 atom stereocenters. The molecule has 0 aromatic heterocycles. The molecule has 140 valence electrons. The molecule has 0 bridgehead atoms. The van der Waals surface area contributed by atoms with Gasteiger partial charge in [0.2, 0.25) is 15.9 Å². The Balaban J connectivity index is 2.64. The first kappa shape index (κ1) is 20.9. The van der Waals surface area contributed by atoms with Crippen molar-refractivity contribution in [3.63, 3.8) is 0 Å². The Bertz CT molecular complexity index is 719. The van der Waals surface area contributed by atoms with E-state index in [9.17, 15) is 18.0 Å². The summed E-state index contributed by atoms with van der Waals surface area (Å²) >= 11 is 0. The minimum Gasteiger partial charge on any atom is -0.375 e. The SMILES string of the molecule is COCC(=O)Nc1cccc(NC(=O)NCCS(=O)(=O)N(C)C)c1C. The molecule has 0 saturated carbocycles. The standard InChI is InChI=1S/C15H24N4O5S/c1-11-12(17-14(20)10-24-4)6-5-7-13(11)18-15(21)16-8-9-25(22,23)19(2)3/h5-7H,8-10H2,1-4H3,(H,17,20)(H2,16,18,21). The van der Waals surface area contributed by atoms with Crippen LogP contribution in [-0.4, -0.2) is 64.8 Å². The summed E-state index contributed by atoms with van der Waals surface area (Å²) in [7, 11) is 0.918. The molecule has 0 aliphatic carbocycles. The van der Waals surface area contributed by atoms with Crippen LogP contribution in [0.3, 0.4) is 0 Å². The van der Waals surface area contributed by atoms with Crippen molar-refractivity contribution in [1.82, 2.24) is 9.62 Å². The third kappa shape index (κ3) is 6.69. The van der Waals surface area contributed by atoms with Crippen LogP contribution in [0.25, 0.3) is 0 Å². The highest BCUT2D eigenvalue weighted by atomic mass is 32.2. The van der Waals surface area contributed by atoms with E-state index in [0.29, 0.717) is 16.9 Å². The first-order valence-electron chi connectivity index (χ1n) is 7.51. The highest BCUT2D eigenvalue weighted by molar-refractivity contribution is 7.89. The lowest BCUT2D eigenvalue weighted by molar-refractivity contribution is -0.119. The highest BCUT2D eigenvalue weighted by Gasteiger charge is 2.14. The molecule has 3 amide bonds. The summed E-state index contributed by atoms with van der Waals surface area (Å²) < 4.78 is 29.1. The van der Waals surface area contributed by atoms with Crippen molar-refractivity contribution in [2.75, 3.05) is 50.7 Å². The third-order valence-electron chi connectivity index (χ3n) is 3.33. The number of urea groups is 1. The van der Waals surface area contributed by atoms with E-state index in [0.717, 1.165) is 4.31 Å². The Morgan fingerprint density at radius 2 is 1.76 bits per heavy atom. The van der Waals surface area contributed by atoms with E-state index in [1.54, 1.807) is 25.1 Å². The zero-order valence-electron chi connectivity index (χ0n) is 14.8. The molecule has 0 aliphatic rings. The van der Waals surface area contributed by atoms with Gasteiger partial charge >= 0.3 is 6.03 Å². The van der Waals surface area contributed by atoms with E-state index in [1.165, 1.54) is 21.2 Å². The Morgan fingerprint density at radius 1 is 1.16 bits per heavy atom. The quantitative estimate of drug-likeness (QED) is 0.618. The van der Waals surface area contributed by atoms with Crippen molar-refractivity contribution < 1.29 is 22.7 Å². The number of anilines is 2. The Kier molecular flexibility index (Phi) is 7.81. The fourth-order valence-electron chi connectivity index (χ4n) is 1.87. The molecule has 0 radical (unpaired) electrons. The van der Waals surface area contributed by atoms with Gasteiger partial charge in [-0.15, -0.1) is 0 Å². The Labute approximate surface area is 147 Å². The van der Waals surface area contributed by atoms with Crippen LogP contribution in [0.1, 0.15) is 5.56 Å². The molecule has 0 unspecified atom stereocenters. The van der Waals surface area contributed by atoms with Gasteiger partial charge in [0, 0.05) is 39.1 Å². The average molecular weight is 372 g/mol. The van der Waals surface area contributed by atoms with Gasteiger partial charge in [-0.1, -0.05) is 6.07 Å². The van der Waals surface area contributed by atoms with Crippen LogP contribution < -0.4 is 16.0 Å². The zero-order valence-corrected chi connectivity index (χ0v) is 15.6. The third-order valence-corrected chi connectivity index (χ3v) is 5.17. The number of sulfonamides is 1. The van der Waals surface area contributed by atoms with E-state index >= 15 is 0 Å². The second-order valence-electron chi connectivity index (χ2n) is 5.44. The molecule has 0 fully saturated rings. The molecule has 0 spiro atoms. The van der Waals surface area contributed by atoms with E-state index in [-0.39, 0.29) is 24.8 Å². The fourth-order valence-corrected chi connectivity index (χ4v) is 2.59. The molecule has 1 aromatic rings. The number of carbonyl (C=O) groups is 2. The van der Waals surface area contributed by atoms with Gasteiger partial charge in [-0.2, -0.15) is 0 Å². The molecule has 0 heterocycles. The van der Waals surface area contributed by atoms with Gasteiger partial charge < -0.3 is 20.7 Å². The molecule has 1 rings (SSSR count). The van der Waals surface area contributed by atoms with Crippen LogP contribution in [0, 0.1) is 6.92 Å². The van der Waals surface area contributed by atoms with Crippen molar-refractivity contribution in [3.8, 4) is 0 Å². The first-order valence-corrected chi connectivity index (χ1v) is 9.11. The summed E-state index contributed by atoms with van der Waals surface area (Å²) in [6, 6.07) is 4.53. The lowest BCUT2D eigenvalue weighted by atomic mass is 10.1. The average Bonchev–Trinajstić information content (AvgIpc) is 2.51. The molecular formula is C15H24N4O5S. The first-order chi connectivity index (χ1) is 11.7. The number of carbonyl (C=O) groups excluding carboxylic acids is 2. The number of hydrogen-bond donors (Lipinski definition) is 3. The summed E-state index contributed by atoms with van der Waals surface area (Å²) in [6.45, 7) is 1.65. The predicted molar refractivity (Wildman–Crippen MR) is 96.2 cm³/mol. The number of ether oxygens (including phenoxy) is 1. The molecule has 1 aromatic carbocycles. The van der Waals surface area contributed by atoms with E-state index in [4.69, 9.17) is 4.74 Å². The Morgan fingerprint density at radius 3 is 2.32 bits per heavy atom. The van der Waals surface area contributed by atoms with Gasteiger partial charge in [0.1, 0.15) is 6.61 Å². The van der Waals surface area contributed by atoms with Gasteiger partial charge in [0.15, 0.2) is 0 Å². The summed E-state index contributed by atoms with van der Waals surface area (Å²) in [5, 5.41) is 7.80. The van der Waals surface area contributed by atoms with Gasteiger partial charge in [0.05, 0.1) is 5.75 Å². The lowest BCUT2D eigenvalue weighted by Crippen LogP contribution is -2.36. The molecule has 9 nitrogen and oxygen atoms in total. The number of nitrogens with zero attached hydrogens (tertiary/aromatic N) is 1. The number of rotatable bonds is 8. The van der Waals surface area contributed by atoms with Crippen molar-refractivity contribution in [3.05, 3.63) is 23.8 Å². The van der Waals surface area contributed by atoms with Crippen molar-refractivity contribution >= 4 is 33.3 Å². The largest absolute Gasteiger partial charge is 0.375 e.